The second-order valence-corrected chi connectivity index (χ2v) is 5.13. The number of hydrogen-bond acceptors (Lipinski definition) is 4. The zero-order valence-corrected chi connectivity index (χ0v) is 12.3. The number of carbonyl (C=O) groups excluding carboxylic acids is 1. The van der Waals surface area contributed by atoms with Crippen LogP contribution in [0.2, 0.25) is 0 Å². The lowest BCUT2D eigenvalue weighted by Crippen LogP contribution is -2.18. The van der Waals surface area contributed by atoms with Crippen LogP contribution in [0.1, 0.15) is 18.1 Å². The molecule has 1 unspecified atom stereocenters. The minimum atomic E-state index is -0.510. The van der Waals surface area contributed by atoms with Crippen LogP contribution in [0.3, 0.4) is 0 Å². The number of ether oxygens (including phenoxy) is 1. The van der Waals surface area contributed by atoms with Gasteiger partial charge in [0.1, 0.15) is 12.4 Å². The van der Waals surface area contributed by atoms with E-state index >= 15 is 0 Å². The highest BCUT2D eigenvalue weighted by atomic mass is 16.7. The van der Waals surface area contributed by atoms with E-state index in [1.807, 2.05) is 54.6 Å². The molecule has 1 N–H and O–H groups in total. The van der Waals surface area contributed by atoms with Crippen LogP contribution >= 0.6 is 0 Å². The van der Waals surface area contributed by atoms with E-state index in [9.17, 15) is 4.79 Å². The summed E-state index contributed by atoms with van der Waals surface area (Å²) >= 11 is 0. The molecule has 0 amide bonds. The highest BCUT2D eigenvalue weighted by molar-refractivity contribution is 5.85. The summed E-state index contributed by atoms with van der Waals surface area (Å²) in [6.45, 7) is 2.04. The fourth-order valence-electron chi connectivity index (χ4n) is 2.17. The van der Waals surface area contributed by atoms with Gasteiger partial charge in [-0.05, 0) is 48.4 Å². The molecule has 0 fully saturated rings. The number of hydroxylamine groups is 1. The molecule has 0 radical (unpaired) electrons. The number of hydrogen-bond donors (Lipinski definition) is 1. The topological polar surface area (TPSA) is 47.6 Å². The highest BCUT2D eigenvalue weighted by Crippen LogP contribution is 2.22. The maximum atomic E-state index is 11.3. The number of carbonyl (C=O) groups is 1. The Kier molecular flexibility index (Phi) is 4.21. The molecule has 1 aliphatic heterocycles. The van der Waals surface area contributed by atoms with Gasteiger partial charge in [0.15, 0.2) is 11.9 Å². The van der Waals surface area contributed by atoms with Crippen molar-refractivity contribution in [1.82, 2.24) is 5.48 Å². The molecule has 4 heteroatoms. The molecule has 2 aromatic rings. The summed E-state index contributed by atoms with van der Waals surface area (Å²) < 4.78 is 5.74. The molecule has 0 spiro atoms. The van der Waals surface area contributed by atoms with Crippen molar-refractivity contribution in [3.63, 3.8) is 0 Å². The highest BCUT2D eigenvalue weighted by Gasteiger charge is 2.21. The maximum absolute atomic E-state index is 11.3. The van der Waals surface area contributed by atoms with Gasteiger partial charge >= 0.3 is 0 Å². The maximum Gasteiger partial charge on any atom is 0.165 e. The molecule has 1 atom stereocenters. The molecule has 4 nitrogen and oxygen atoms in total. The third kappa shape index (κ3) is 3.35. The average Bonchev–Trinajstić information content (AvgIpc) is 3.05. The monoisotopic (exact) mass is 295 g/mol. The summed E-state index contributed by atoms with van der Waals surface area (Å²) in [6.07, 6.45) is 1.27. The second-order valence-electron chi connectivity index (χ2n) is 5.13. The van der Waals surface area contributed by atoms with Gasteiger partial charge in [0.25, 0.3) is 0 Å². The number of benzene rings is 2. The molecular formula is C18H17NO3. The van der Waals surface area contributed by atoms with Crippen molar-refractivity contribution < 1.29 is 14.4 Å². The van der Waals surface area contributed by atoms with Crippen LogP contribution in [0.15, 0.2) is 60.7 Å². The zero-order chi connectivity index (χ0) is 15.4. The van der Waals surface area contributed by atoms with Crippen molar-refractivity contribution in [3.05, 3.63) is 71.8 Å². The van der Waals surface area contributed by atoms with Crippen LogP contribution < -0.4 is 10.2 Å². The minimum Gasteiger partial charge on any atom is -0.489 e. The van der Waals surface area contributed by atoms with E-state index in [0.29, 0.717) is 6.61 Å². The molecule has 0 saturated heterocycles. The van der Waals surface area contributed by atoms with Crippen molar-refractivity contribution in [1.29, 1.82) is 0 Å². The molecule has 0 bridgehead atoms. The fourth-order valence-corrected chi connectivity index (χ4v) is 2.17. The summed E-state index contributed by atoms with van der Waals surface area (Å²) in [7, 11) is 0. The van der Waals surface area contributed by atoms with Crippen LogP contribution in [0.4, 0.5) is 0 Å². The quantitative estimate of drug-likeness (QED) is 0.921. The Bertz CT molecular complexity index is 677. The first-order valence-electron chi connectivity index (χ1n) is 7.13. The van der Waals surface area contributed by atoms with Crippen molar-refractivity contribution in [2.24, 2.45) is 0 Å². The lowest BCUT2D eigenvalue weighted by atomic mass is 10.1. The average molecular weight is 295 g/mol. The van der Waals surface area contributed by atoms with Crippen LogP contribution in [-0.4, -0.2) is 11.9 Å². The summed E-state index contributed by atoms with van der Waals surface area (Å²) in [5.74, 6) is 0.778. The first-order valence-corrected chi connectivity index (χ1v) is 7.13. The van der Waals surface area contributed by atoms with Crippen molar-refractivity contribution in [2.45, 2.75) is 19.6 Å². The first kappa shape index (κ1) is 14.4. The Morgan fingerprint density at radius 3 is 2.50 bits per heavy atom. The largest absolute Gasteiger partial charge is 0.489 e. The second kappa shape index (κ2) is 6.45. The Morgan fingerprint density at radius 2 is 1.86 bits per heavy atom. The molecule has 3 rings (SSSR count). The van der Waals surface area contributed by atoms with Gasteiger partial charge in [-0.25, -0.2) is 0 Å². The van der Waals surface area contributed by atoms with Crippen LogP contribution in [0.5, 0.6) is 5.75 Å². The molecule has 112 valence electrons. The summed E-state index contributed by atoms with van der Waals surface area (Å²) in [6, 6.07) is 17.7. The van der Waals surface area contributed by atoms with E-state index in [2.05, 4.69) is 5.48 Å². The van der Waals surface area contributed by atoms with Gasteiger partial charge in [0.05, 0.1) is 5.70 Å². The molecule has 0 aliphatic carbocycles. The van der Waals surface area contributed by atoms with Gasteiger partial charge in [0, 0.05) is 0 Å². The normalized spacial score (nSPS) is 16.8. The third-order valence-corrected chi connectivity index (χ3v) is 3.43. The molecule has 1 aliphatic rings. The SMILES string of the molecule is CC(=O)C1C=C(c2ccc(OCc3ccccc3)cc2)NO1. The van der Waals surface area contributed by atoms with E-state index in [-0.39, 0.29) is 5.78 Å². The third-order valence-electron chi connectivity index (χ3n) is 3.43. The lowest BCUT2D eigenvalue weighted by Gasteiger charge is -2.08. The molecule has 0 aromatic heterocycles. The number of ketones is 1. The van der Waals surface area contributed by atoms with Gasteiger partial charge in [0.2, 0.25) is 0 Å². The minimum absolute atomic E-state index is 0.0229. The molecule has 0 saturated carbocycles. The lowest BCUT2D eigenvalue weighted by molar-refractivity contribution is -0.126. The van der Waals surface area contributed by atoms with Gasteiger partial charge in [-0.1, -0.05) is 30.3 Å². The summed E-state index contributed by atoms with van der Waals surface area (Å²) in [5, 5.41) is 0. The van der Waals surface area contributed by atoms with E-state index in [1.165, 1.54) is 6.92 Å². The number of nitrogens with one attached hydrogen (secondary N) is 1. The van der Waals surface area contributed by atoms with Crippen molar-refractivity contribution >= 4 is 11.5 Å². The van der Waals surface area contributed by atoms with Crippen LogP contribution in [-0.2, 0) is 16.2 Å². The van der Waals surface area contributed by atoms with E-state index in [1.54, 1.807) is 6.08 Å². The van der Waals surface area contributed by atoms with Gasteiger partial charge in [-0.2, -0.15) is 0 Å². The van der Waals surface area contributed by atoms with Gasteiger partial charge in [-0.3, -0.25) is 15.1 Å². The molecule has 1 heterocycles. The van der Waals surface area contributed by atoms with E-state index < -0.39 is 6.10 Å². The summed E-state index contributed by atoms with van der Waals surface area (Å²) in [4.78, 5) is 16.5. The standard InChI is InChI=1S/C18H17NO3/c1-13(20)18-11-17(19-22-18)15-7-9-16(10-8-15)21-12-14-5-3-2-4-6-14/h2-11,18-19H,12H2,1H3. The predicted octanol–water partition coefficient (Wildman–Crippen LogP) is 3.10. The fraction of sp³-hybridized carbons (Fsp3) is 0.167. The van der Waals surface area contributed by atoms with Gasteiger partial charge in [-0.15, -0.1) is 0 Å². The Balaban J connectivity index is 1.63. The molecular weight excluding hydrogens is 278 g/mol. The van der Waals surface area contributed by atoms with Crippen LogP contribution in [0.25, 0.3) is 5.70 Å². The number of rotatable bonds is 5. The number of Topliss-reactive ketones (excluding diaryl/α,β-unsaturated/α-hetero) is 1. The Labute approximate surface area is 129 Å². The van der Waals surface area contributed by atoms with Crippen molar-refractivity contribution in [3.8, 4) is 5.75 Å². The summed E-state index contributed by atoms with van der Waals surface area (Å²) in [5.41, 5.74) is 5.67. The van der Waals surface area contributed by atoms with E-state index in [0.717, 1.165) is 22.6 Å². The van der Waals surface area contributed by atoms with E-state index in [4.69, 9.17) is 9.57 Å². The zero-order valence-electron chi connectivity index (χ0n) is 12.3. The smallest absolute Gasteiger partial charge is 0.165 e. The molecule has 22 heavy (non-hydrogen) atoms. The Hall–Kier alpha value is -2.59. The van der Waals surface area contributed by atoms with Crippen molar-refractivity contribution in [2.75, 3.05) is 0 Å². The first-order chi connectivity index (χ1) is 10.7. The Morgan fingerprint density at radius 1 is 1.14 bits per heavy atom. The molecule has 2 aromatic carbocycles. The predicted molar refractivity (Wildman–Crippen MR) is 83.9 cm³/mol. The van der Waals surface area contributed by atoms with Gasteiger partial charge < -0.3 is 4.74 Å². The van der Waals surface area contributed by atoms with Crippen LogP contribution in [0, 0.1) is 0 Å².